The Hall–Kier alpha value is -4.79. The molecule has 9 nitrogen and oxygen atoms in total. The van der Waals surface area contributed by atoms with Gasteiger partial charge in [-0.2, -0.15) is 0 Å². The number of rotatable bonds is 7. The van der Waals surface area contributed by atoms with Crippen LogP contribution in [0.15, 0.2) is 66.7 Å². The van der Waals surface area contributed by atoms with E-state index in [4.69, 9.17) is 9.47 Å². The fourth-order valence-corrected chi connectivity index (χ4v) is 3.68. The smallest absolute Gasteiger partial charge is 0.338 e. The lowest BCUT2D eigenvalue weighted by Crippen LogP contribution is -2.29. The second kappa shape index (κ2) is 10.2. The predicted molar refractivity (Wildman–Crippen MR) is 130 cm³/mol. The molecule has 0 aliphatic carbocycles. The van der Waals surface area contributed by atoms with Crippen LogP contribution in [0.3, 0.4) is 0 Å². The first-order chi connectivity index (χ1) is 17.3. The van der Waals surface area contributed by atoms with Gasteiger partial charge in [0, 0.05) is 11.3 Å². The molecule has 1 aliphatic rings. The van der Waals surface area contributed by atoms with E-state index in [2.05, 4.69) is 5.32 Å². The third-order valence-electron chi connectivity index (χ3n) is 5.44. The van der Waals surface area contributed by atoms with Crippen molar-refractivity contribution in [1.29, 1.82) is 0 Å². The number of imide groups is 1. The van der Waals surface area contributed by atoms with E-state index in [0.29, 0.717) is 22.5 Å². The molecule has 0 bridgehead atoms. The molecule has 0 radical (unpaired) electrons. The summed E-state index contributed by atoms with van der Waals surface area (Å²) in [5.41, 5.74) is 1.84. The summed E-state index contributed by atoms with van der Waals surface area (Å²) < 4.78 is 9.88. The van der Waals surface area contributed by atoms with E-state index < -0.39 is 29.7 Å². The van der Waals surface area contributed by atoms with Gasteiger partial charge in [0.15, 0.2) is 0 Å². The van der Waals surface area contributed by atoms with E-state index in [9.17, 15) is 24.0 Å². The van der Waals surface area contributed by atoms with Crippen LogP contribution in [-0.2, 0) is 9.47 Å². The van der Waals surface area contributed by atoms with Gasteiger partial charge in [-0.25, -0.2) is 14.5 Å². The fourth-order valence-electron chi connectivity index (χ4n) is 3.68. The van der Waals surface area contributed by atoms with Crippen molar-refractivity contribution in [3.8, 4) is 0 Å². The SMILES string of the molecule is CCOC(=O)c1ccc(NC(=O)c2ccc3c(c2)C(=O)N(c2ccc(C(=O)OCC)cc2)C3=O)cc1. The van der Waals surface area contributed by atoms with Crippen LogP contribution in [0.25, 0.3) is 0 Å². The summed E-state index contributed by atoms with van der Waals surface area (Å²) in [5, 5.41) is 2.70. The summed E-state index contributed by atoms with van der Waals surface area (Å²) in [6, 6.07) is 16.4. The lowest BCUT2D eigenvalue weighted by Gasteiger charge is -2.14. The van der Waals surface area contributed by atoms with E-state index in [-0.39, 0.29) is 29.9 Å². The number of carbonyl (C=O) groups is 5. The van der Waals surface area contributed by atoms with Crippen molar-refractivity contribution in [1.82, 2.24) is 0 Å². The number of nitrogens with zero attached hydrogens (tertiary/aromatic N) is 1. The van der Waals surface area contributed by atoms with Crippen molar-refractivity contribution in [2.45, 2.75) is 13.8 Å². The monoisotopic (exact) mass is 486 g/mol. The summed E-state index contributed by atoms with van der Waals surface area (Å²) in [4.78, 5) is 63.4. The number of fused-ring (bicyclic) bond motifs is 1. The molecule has 36 heavy (non-hydrogen) atoms. The van der Waals surface area contributed by atoms with Crippen LogP contribution in [-0.4, -0.2) is 42.9 Å². The Bertz CT molecular complexity index is 1360. The van der Waals surface area contributed by atoms with Gasteiger partial charge < -0.3 is 14.8 Å². The summed E-state index contributed by atoms with van der Waals surface area (Å²) in [7, 11) is 0. The Labute approximate surface area is 206 Å². The maximum absolute atomic E-state index is 13.1. The minimum atomic E-state index is -0.577. The lowest BCUT2D eigenvalue weighted by atomic mass is 10.1. The van der Waals surface area contributed by atoms with Crippen LogP contribution < -0.4 is 10.2 Å². The van der Waals surface area contributed by atoms with E-state index >= 15 is 0 Å². The normalized spacial score (nSPS) is 12.2. The third-order valence-corrected chi connectivity index (χ3v) is 5.44. The second-order valence-corrected chi connectivity index (χ2v) is 7.73. The Morgan fingerprint density at radius 3 is 1.75 bits per heavy atom. The molecule has 3 amide bonds. The molecule has 0 saturated heterocycles. The standard InChI is InChI=1S/C27H22N2O7/c1-3-35-26(33)16-5-10-19(11-6-16)28-23(30)18-9-14-21-22(15-18)25(32)29(24(21)31)20-12-7-17(8-13-20)27(34)36-4-2/h5-15H,3-4H2,1-2H3,(H,28,30). The number of nitrogens with one attached hydrogen (secondary N) is 1. The van der Waals surface area contributed by atoms with E-state index in [1.54, 1.807) is 26.0 Å². The number of ether oxygens (including phenoxy) is 2. The summed E-state index contributed by atoms with van der Waals surface area (Å²) in [5.74, 6) is -2.55. The second-order valence-electron chi connectivity index (χ2n) is 7.73. The molecule has 0 aromatic heterocycles. The van der Waals surface area contributed by atoms with Gasteiger partial charge in [0.05, 0.1) is 41.2 Å². The molecule has 9 heteroatoms. The number of hydrogen-bond acceptors (Lipinski definition) is 7. The van der Waals surface area contributed by atoms with Gasteiger partial charge in [0.2, 0.25) is 0 Å². The third kappa shape index (κ3) is 4.72. The van der Waals surface area contributed by atoms with Gasteiger partial charge >= 0.3 is 11.9 Å². The minimum Gasteiger partial charge on any atom is -0.462 e. The average molecular weight is 486 g/mol. The van der Waals surface area contributed by atoms with Crippen LogP contribution in [0.1, 0.15) is 65.6 Å². The Balaban J connectivity index is 1.50. The van der Waals surface area contributed by atoms with Gasteiger partial charge in [-0.05, 0) is 80.6 Å². The Morgan fingerprint density at radius 1 is 0.694 bits per heavy atom. The molecular weight excluding hydrogens is 464 g/mol. The van der Waals surface area contributed by atoms with E-state index in [0.717, 1.165) is 4.90 Å². The van der Waals surface area contributed by atoms with Crippen molar-refractivity contribution in [2.24, 2.45) is 0 Å². The maximum atomic E-state index is 13.1. The van der Waals surface area contributed by atoms with Gasteiger partial charge in [0.25, 0.3) is 17.7 Å². The first-order valence-electron chi connectivity index (χ1n) is 11.2. The fraction of sp³-hybridized carbons (Fsp3) is 0.148. The molecule has 0 spiro atoms. The minimum absolute atomic E-state index is 0.0970. The average Bonchev–Trinajstić information content (AvgIpc) is 3.14. The molecule has 182 valence electrons. The predicted octanol–water partition coefficient (Wildman–Crippen LogP) is 4.09. The molecule has 1 N–H and O–H groups in total. The summed E-state index contributed by atoms with van der Waals surface area (Å²) in [6.07, 6.45) is 0. The molecule has 3 aromatic rings. The van der Waals surface area contributed by atoms with Crippen molar-refractivity contribution in [3.63, 3.8) is 0 Å². The van der Waals surface area contributed by atoms with Crippen molar-refractivity contribution >= 4 is 41.0 Å². The number of esters is 2. The van der Waals surface area contributed by atoms with Gasteiger partial charge in [-0.15, -0.1) is 0 Å². The van der Waals surface area contributed by atoms with Crippen LogP contribution in [0, 0.1) is 0 Å². The quantitative estimate of drug-likeness (QED) is 0.395. The molecule has 3 aromatic carbocycles. The van der Waals surface area contributed by atoms with Crippen molar-refractivity contribution in [3.05, 3.63) is 94.5 Å². The highest BCUT2D eigenvalue weighted by Crippen LogP contribution is 2.29. The largest absolute Gasteiger partial charge is 0.462 e. The topological polar surface area (TPSA) is 119 Å². The molecule has 4 rings (SSSR count). The van der Waals surface area contributed by atoms with E-state index in [1.165, 1.54) is 54.6 Å². The van der Waals surface area contributed by atoms with Crippen LogP contribution in [0.5, 0.6) is 0 Å². The highest BCUT2D eigenvalue weighted by molar-refractivity contribution is 6.34. The number of carbonyl (C=O) groups excluding carboxylic acids is 5. The van der Waals surface area contributed by atoms with Crippen molar-refractivity contribution in [2.75, 3.05) is 23.4 Å². The van der Waals surface area contributed by atoms with E-state index in [1.807, 2.05) is 0 Å². The summed E-state index contributed by atoms with van der Waals surface area (Å²) >= 11 is 0. The Kier molecular flexibility index (Phi) is 6.91. The number of hydrogen-bond donors (Lipinski definition) is 1. The zero-order valence-electron chi connectivity index (χ0n) is 19.6. The van der Waals surface area contributed by atoms with Gasteiger partial charge in [-0.3, -0.25) is 14.4 Å². The zero-order valence-corrected chi connectivity index (χ0v) is 19.6. The number of amides is 3. The molecule has 1 heterocycles. The maximum Gasteiger partial charge on any atom is 0.338 e. The molecule has 0 atom stereocenters. The van der Waals surface area contributed by atoms with Crippen LogP contribution in [0.4, 0.5) is 11.4 Å². The first-order valence-corrected chi connectivity index (χ1v) is 11.2. The van der Waals surface area contributed by atoms with Crippen LogP contribution >= 0.6 is 0 Å². The molecule has 0 unspecified atom stereocenters. The highest BCUT2D eigenvalue weighted by Gasteiger charge is 2.37. The first kappa shape index (κ1) is 24.3. The summed E-state index contributed by atoms with van der Waals surface area (Å²) in [6.45, 7) is 3.89. The molecule has 0 fully saturated rings. The number of anilines is 2. The Morgan fingerprint density at radius 2 is 1.19 bits per heavy atom. The van der Waals surface area contributed by atoms with Gasteiger partial charge in [0.1, 0.15) is 0 Å². The molecule has 0 saturated carbocycles. The zero-order chi connectivity index (χ0) is 25.8. The van der Waals surface area contributed by atoms with Gasteiger partial charge in [-0.1, -0.05) is 0 Å². The lowest BCUT2D eigenvalue weighted by molar-refractivity contribution is 0.0517. The molecule has 1 aliphatic heterocycles. The number of benzene rings is 3. The highest BCUT2D eigenvalue weighted by atomic mass is 16.5. The molecular formula is C27H22N2O7. The van der Waals surface area contributed by atoms with Crippen molar-refractivity contribution < 1.29 is 33.4 Å². The van der Waals surface area contributed by atoms with Crippen LogP contribution in [0.2, 0.25) is 0 Å².